The van der Waals surface area contributed by atoms with Crippen molar-refractivity contribution >= 4 is 23.4 Å². The molecule has 1 aromatic carbocycles. The molecule has 0 saturated heterocycles. The number of aliphatic hydroxyl groups excluding tert-OH is 1. The Morgan fingerprint density at radius 2 is 2.28 bits per heavy atom. The molecule has 3 unspecified atom stereocenters. The maximum Gasteiger partial charge on any atom is 0.0662 e. The summed E-state index contributed by atoms with van der Waals surface area (Å²) < 4.78 is 0. The van der Waals surface area contributed by atoms with Crippen LogP contribution >= 0.6 is 23.4 Å². The average Bonchev–Trinajstić information content (AvgIpc) is 2.85. The van der Waals surface area contributed by atoms with Gasteiger partial charge in [0, 0.05) is 15.7 Å². The minimum atomic E-state index is -0.175. The Morgan fingerprint density at radius 3 is 2.94 bits per heavy atom. The Balaban J connectivity index is 1.80. The van der Waals surface area contributed by atoms with Gasteiger partial charge in [0.25, 0.3) is 0 Å². The van der Waals surface area contributed by atoms with E-state index in [4.69, 9.17) is 11.6 Å². The van der Waals surface area contributed by atoms with E-state index in [1.165, 1.54) is 25.7 Å². The highest BCUT2D eigenvalue weighted by atomic mass is 35.5. The van der Waals surface area contributed by atoms with Crippen LogP contribution in [0, 0.1) is 11.8 Å². The first kappa shape index (κ1) is 14.2. The summed E-state index contributed by atoms with van der Waals surface area (Å²) in [4.78, 5) is 1.14. The van der Waals surface area contributed by atoms with Crippen LogP contribution in [0.5, 0.6) is 0 Å². The summed E-state index contributed by atoms with van der Waals surface area (Å²) in [5.41, 5.74) is 0. The predicted octanol–water partition coefficient (Wildman–Crippen LogP) is 4.62. The number of rotatable bonds is 5. The molecule has 0 radical (unpaired) electrons. The third-order valence-corrected chi connectivity index (χ3v) is 5.25. The largest absolute Gasteiger partial charge is 0.392 e. The lowest BCUT2D eigenvalue weighted by Crippen LogP contribution is -2.20. The minimum absolute atomic E-state index is 0.175. The minimum Gasteiger partial charge on any atom is -0.392 e. The fourth-order valence-corrected chi connectivity index (χ4v) is 3.98. The van der Waals surface area contributed by atoms with Gasteiger partial charge in [0.15, 0.2) is 0 Å². The molecule has 0 aliphatic heterocycles. The van der Waals surface area contributed by atoms with Gasteiger partial charge in [0.2, 0.25) is 0 Å². The van der Waals surface area contributed by atoms with Gasteiger partial charge in [0.1, 0.15) is 0 Å². The molecule has 2 rings (SSSR count). The second kappa shape index (κ2) is 6.83. The van der Waals surface area contributed by atoms with E-state index >= 15 is 0 Å². The molecule has 1 aliphatic carbocycles. The summed E-state index contributed by atoms with van der Waals surface area (Å²) in [5, 5.41) is 11.0. The van der Waals surface area contributed by atoms with Gasteiger partial charge in [-0.1, -0.05) is 37.4 Å². The van der Waals surface area contributed by atoms with E-state index < -0.39 is 0 Å². The van der Waals surface area contributed by atoms with Gasteiger partial charge in [-0.3, -0.25) is 0 Å². The van der Waals surface area contributed by atoms with Crippen molar-refractivity contribution in [3.63, 3.8) is 0 Å². The molecule has 0 bridgehead atoms. The predicted molar refractivity (Wildman–Crippen MR) is 79.3 cm³/mol. The van der Waals surface area contributed by atoms with Crippen LogP contribution in [0.15, 0.2) is 29.2 Å². The molecule has 1 aliphatic rings. The monoisotopic (exact) mass is 284 g/mol. The molecule has 100 valence electrons. The zero-order chi connectivity index (χ0) is 13.0. The van der Waals surface area contributed by atoms with E-state index in [9.17, 15) is 5.11 Å². The normalized spacial score (nSPS) is 25.3. The number of benzene rings is 1. The van der Waals surface area contributed by atoms with Crippen molar-refractivity contribution < 1.29 is 5.11 Å². The molecule has 0 heterocycles. The van der Waals surface area contributed by atoms with Crippen LogP contribution < -0.4 is 0 Å². The zero-order valence-electron chi connectivity index (χ0n) is 10.8. The summed E-state index contributed by atoms with van der Waals surface area (Å²) in [6, 6.07) is 7.85. The highest BCUT2D eigenvalue weighted by molar-refractivity contribution is 7.99. The molecule has 1 N–H and O–H groups in total. The number of aliphatic hydroxyl groups is 1. The molecular formula is C15H21ClOS. The lowest BCUT2D eigenvalue weighted by molar-refractivity contribution is 0.131. The van der Waals surface area contributed by atoms with Gasteiger partial charge in [0.05, 0.1) is 6.10 Å². The molecule has 3 heteroatoms. The van der Waals surface area contributed by atoms with Crippen molar-refractivity contribution in [1.82, 2.24) is 0 Å². The van der Waals surface area contributed by atoms with E-state index in [0.717, 1.165) is 21.6 Å². The molecule has 1 aromatic rings. The number of thioether (sulfide) groups is 1. The first-order valence-corrected chi connectivity index (χ1v) is 8.11. The van der Waals surface area contributed by atoms with Crippen LogP contribution in [-0.4, -0.2) is 17.0 Å². The molecule has 3 atom stereocenters. The van der Waals surface area contributed by atoms with Crippen LogP contribution in [0.4, 0.5) is 0 Å². The van der Waals surface area contributed by atoms with Crippen LogP contribution in [0.2, 0.25) is 5.02 Å². The third kappa shape index (κ3) is 3.91. The van der Waals surface area contributed by atoms with Gasteiger partial charge in [-0.2, -0.15) is 0 Å². The van der Waals surface area contributed by atoms with Crippen LogP contribution in [-0.2, 0) is 0 Å². The summed E-state index contributed by atoms with van der Waals surface area (Å²) in [5.74, 6) is 2.11. The molecule has 18 heavy (non-hydrogen) atoms. The van der Waals surface area contributed by atoms with E-state index in [1.807, 2.05) is 24.3 Å². The standard InChI is InChI=1S/C15H21ClOS/c1-2-11-6-7-12(8-11)15(17)10-18-14-5-3-4-13(16)9-14/h3-5,9,11-12,15,17H,2,6-8,10H2,1H3. The van der Waals surface area contributed by atoms with E-state index in [2.05, 4.69) is 6.92 Å². The lowest BCUT2D eigenvalue weighted by atomic mass is 9.99. The second-order valence-corrected chi connectivity index (χ2v) is 6.71. The quantitative estimate of drug-likeness (QED) is 0.796. The van der Waals surface area contributed by atoms with E-state index in [-0.39, 0.29) is 6.10 Å². The van der Waals surface area contributed by atoms with Gasteiger partial charge < -0.3 is 5.11 Å². The lowest BCUT2D eigenvalue weighted by Gasteiger charge is -2.17. The smallest absolute Gasteiger partial charge is 0.0662 e. The highest BCUT2D eigenvalue weighted by Crippen LogP contribution is 2.36. The van der Waals surface area contributed by atoms with Crippen molar-refractivity contribution in [2.24, 2.45) is 11.8 Å². The number of hydrogen-bond acceptors (Lipinski definition) is 2. The Hall–Kier alpha value is -0.180. The van der Waals surface area contributed by atoms with Gasteiger partial charge in [-0.25, -0.2) is 0 Å². The summed E-state index contributed by atoms with van der Waals surface area (Å²) in [7, 11) is 0. The topological polar surface area (TPSA) is 20.2 Å². The SMILES string of the molecule is CCC1CCC(C(O)CSc2cccc(Cl)c2)C1. The van der Waals surface area contributed by atoms with Gasteiger partial charge in [-0.15, -0.1) is 11.8 Å². The number of hydrogen-bond donors (Lipinski definition) is 1. The van der Waals surface area contributed by atoms with Gasteiger partial charge in [-0.05, 0) is 42.9 Å². The number of halogens is 1. The van der Waals surface area contributed by atoms with Gasteiger partial charge >= 0.3 is 0 Å². The summed E-state index contributed by atoms with van der Waals surface area (Å²) in [6.45, 7) is 2.25. The fourth-order valence-electron chi connectivity index (χ4n) is 2.71. The Bertz CT molecular complexity index is 383. The molecule has 0 aromatic heterocycles. The molecule has 0 amide bonds. The second-order valence-electron chi connectivity index (χ2n) is 5.18. The van der Waals surface area contributed by atoms with Crippen molar-refractivity contribution in [2.45, 2.75) is 43.6 Å². The van der Waals surface area contributed by atoms with Crippen LogP contribution in [0.3, 0.4) is 0 Å². The van der Waals surface area contributed by atoms with Crippen LogP contribution in [0.25, 0.3) is 0 Å². The molecule has 1 nitrogen and oxygen atoms in total. The highest BCUT2D eigenvalue weighted by Gasteiger charge is 2.28. The first-order valence-electron chi connectivity index (χ1n) is 6.75. The summed E-state index contributed by atoms with van der Waals surface area (Å²) in [6.07, 6.45) is 4.76. The molecule has 1 saturated carbocycles. The third-order valence-electron chi connectivity index (χ3n) is 3.92. The molecule has 1 fully saturated rings. The average molecular weight is 285 g/mol. The van der Waals surface area contributed by atoms with E-state index in [0.29, 0.717) is 5.92 Å². The molecule has 0 spiro atoms. The van der Waals surface area contributed by atoms with Crippen molar-refractivity contribution in [3.05, 3.63) is 29.3 Å². The summed E-state index contributed by atoms with van der Waals surface area (Å²) >= 11 is 7.65. The van der Waals surface area contributed by atoms with Crippen molar-refractivity contribution in [2.75, 3.05) is 5.75 Å². The zero-order valence-corrected chi connectivity index (χ0v) is 12.4. The Labute approximate surface area is 119 Å². The van der Waals surface area contributed by atoms with Crippen molar-refractivity contribution in [3.8, 4) is 0 Å². The Kier molecular flexibility index (Phi) is 5.40. The fraction of sp³-hybridized carbons (Fsp3) is 0.600. The maximum absolute atomic E-state index is 10.2. The van der Waals surface area contributed by atoms with Crippen LogP contribution in [0.1, 0.15) is 32.6 Å². The van der Waals surface area contributed by atoms with E-state index in [1.54, 1.807) is 11.8 Å². The maximum atomic E-state index is 10.2. The Morgan fingerprint density at radius 1 is 1.44 bits per heavy atom. The molecular weight excluding hydrogens is 264 g/mol. The van der Waals surface area contributed by atoms with Crippen molar-refractivity contribution in [1.29, 1.82) is 0 Å². The first-order chi connectivity index (χ1) is 8.69.